The Balaban J connectivity index is 1.62. The van der Waals surface area contributed by atoms with Crippen LogP contribution < -0.4 is 21.9 Å². The number of piperidine rings is 1. The van der Waals surface area contributed by atoms with Crippen molar-refractivity contribution >= 4 is 23.3 Å². The molecule has 1 aromatic carbocycles. The van der Waals surface area contributed by atoms with Crippen LogP contribution in [0.3, 0.4) is 0 Å². The average molecular weight is 496 g/mol. The fraction of sp³-hybridized carbons (Fsp3) is 0.360. The monoisotopic (exact) mass is 495 g/mol. The van der Waals surface area contributed by atoms with Gasteiger partial charge in [0.25, 0.3) is 11.5 Å². The van der Waals surface area contributed by atoms with Crippen molar-refractivity contribution in [2.75, 3.05) is 37.4 Å². The molecule has 36 heavy (non-hydrogen) atoms. The maximum absolute atomic E-state index is 13.8. The van der Waals surface area contributed by atoms with Crippen molar-refractivity contribution < 1.29 is 18.7 Å². The highest BCUT2D eigenvalue weighted by Crippen LogP contribution is 2.27. The third-order valence-corrected chi connectivity index (χ3v) is 6.32. The molecule has 3 aromatic rings. The number of rotatable bonds is 8. The van der Waals surface area contributed by atoms with Gasteiger partial charge in [0.1, 0.15) is 5.82 Å². The van der Waals surface area contributed by atoms with E-state index in [0.717, 1.165) is 5.56 Å². The smallest absolute Gasteiger partial charge is 0.330 e. The van der Waals surface area contributed by atoms with Crippen LogP contribution in [0.25, 0.3) is 0 Å². The second-order valence-corrected chi connectivity index (χ2v) is 8.59. The maximum Gasteiger partial charge on any atom is 0.330 e. The van der Waals surface area contributed by atoms with Crippen molar-refractivity contribution in [3.63, 3.8) is 0 Å². The molecule has 11 nitrogen and oxygen atoms in total. The molecule has 1 aliphatic heterocycles. The fourth-order valence-electron chi connectivity index (χ4n) is 4.38. The molecule has 11 heteroatoms. The lowest BCUT2D eigenvalue weighted by Crippen LogP contribution is -2.47. The van der Waals surface area contributed by atoms with Crippen LogP contribution in [0.4, 0.5) is 11.5 Å². The highest BCUT2D eigenvalue weighted by atomic mass is 16.5. The first kappa shape index (κ1) is 25.0. The minimum atomic E-state index is -0.735. The van der Waals surface area contributed by atoms with Crippen LogP contribution in [0.2, 0.25) is 0 Å². The van der Waals surface area contributed by atoms with Gasteiger partial charge in [-0.15, -0.1) is 0 Å². The molecule has 3 heterocycles. The first-order valence-corrected chi connectivity index (χ1v) is 11.7. The van der Waals surface area contributed by atoms with Crippen molar-refractivity contribution in [2.24, 2.45) is 5.92 Å². The number of likely N-dealkylation sites (tertiary alicyclic amines) is 1. The number of methoxy groups -OCH3 is 1. The topological polar surface area (TPSA) is 144 Å². The summed E-state index contributed by atoms with van der Waals surface area (Å²) in [6.45, 7) is 1.15. The number of H-pyrrole nitrogens is 1. The first-order chi connectivity index (χ1) is 17.4. The number of nitrogens with two attached hydrogens (primary N) is 1. The molecule has 0 unspecified atom stereocenters. The van der Waals surface area contributed by atoms with E-state index in [1.54, 1.807) is 17.0 Å². The Morgan fingerprint density at radius 3 is 2.50 bits per heavy atom. The lowest BCUT2D eigenvalue weighted by molar-refractivity contribution is -0.123. The number of aromatic amines is 1. The van der Waals surface area contributed by atoms with Gasteiger partial charge in [0, 0.05) is 26.1 Å². The van der Waals surface area contributed by atoms with Crippen LogP contribution in [-0.2, 0) is 22.6 Å². The van der Waals surface area contributed by atoms with Gasteiger partial charge in [-0.25, -0.2) is 4.79 Å². The molecule has 4 rings (SSSR count). The van der Waals surface area contributed by atoms with E-state index in [9.17, 15) is 19.2 Å². The van der Waals surface area contributed by atoms with E-state index in [1.165, 1.54) is 22.8 Å². The van der Waals surface area contributed by atoms with E-state index in [-0.39, 0.29) is 48.8 Å². The van der Waals surface area contributed by atoms with E-state index in [0.29, 0.717) is 25.9 Å². The summed E-state index contributed by atoms with van der Waals surface area (Å²) < 4.78 is 11.4. The van der Waals surface area contributed by atoms with Crippen molar-refractivity contribution in [1.29, 1.82) is 0 Å². The Bertz CT molecular complexity index is 1310. The fourth-order valence-corrected chi connectivity index (χ4v) is 4.38. The number of carbonyl (C=O) groups excluding carboxylic acids is 2. The van der Waals surface area contributed by atoms with Crippen molar-refractivity contribution in [1.82, 2.24) is 14.5 Å². The van der Waals surface area contributed by atoms with Gasteiger partial charge in [-0.2, -0.15) is 0 Å². The van der Waals surface area contributed by atoms with E-state index < -0.39 is 17.2 Å². The minimum Gasteiger partial charge on any atom is -0.459 e. The van der Waals surface area contributed by atoms with Gasteiger partial charge in [0.15, 0.2) is 11.4 Å². The third-order valence-electron chi connectivity index (χ3n) is 6.32. The SMILES string of the molecule is COCCn1c(N)c(N(Cc2ccccc2)C(=O)C2CCN(C(=O)c3ccco3)CC2)c(=O)[nH]c1=O. The van der Waals surface area contributed by atoms with Crippen LogP contribution in [-0.4, -0.2) is 53.1 Å². The second-order valence-electron chi connectivity index (χ2n) is 8.59. The van der Waals surface area contributed by atoms with Gasteiger partial charge >= 0.3 is 5.69 Å². The zero-order valence-corrected chi connectivity index (χ0v) is 20.0. The molecule has 2 amide bonds. The number of amides is 2. The van der Waals surface area contributed by atoms with Crippen molar-refractivity contribution in [3.05, 3.63) is 80.9 Å². The molecule has 1 saturated heterocycles. The number of ether oxygens (including phenoxy) is 1. The molecule has 190 valence electrons. The number of furan rings is 1. The summed E-state index contributed by atoms with van der Waals surface area (Å²) in [6, 6.07) is 12.5. The maximum atomic E-state index is 13.8. The van der Waals surface area contributed by atoms with Crippen molar-refractivity contribution in [2.45, 2.75) is 25.9 Å². The lowest BCUT2D eigenvalue weighted by atomic mass is 9.94. The predicted octanol–water partition coefficient (Wildman–Crippen LogP) is 1.44. The van der Waals surface area contributed by atoms with Crippen LogP contribution in [0.1, 0.15) is 29.0 Å². The lowest BCUT2D eigenvalue weighted by Gasteiger charge is -2.34. The van der Waals surface area contributed by atoms with Crippen molar-refractivity contribution in [3.8, 4) is 0 Å². The van der Waals surface area contributed by atoms with Crippen LogP contribution in [0.5, 0.6) is 0 Å². The summed E-state index contributed by atoms with van der Waals surface area (Å²) in [6.07, 6.45) is 2.27. The normalized spacial score (nSPS) is 14.1. The number of anilines is 2. The van der Waals surface area contributed by atoms with Gasteiger partial charge in [-0.3, -0.25) is 28.8 Å². The Morgan fingerprint density at radius 1 is 1.14 bits per heavy atom. The molecule has 0 saturated carbocycles. The number of benzene rings is 1. The number of nitrogens with zero attached hydrogens (tertiary/aromatic N) is 3. The number of carbonyl (C=O) groups is 2. The molecule has 2 aromatic heterocycles. The van der Waals surface area contributed by atoms with Gasteiger partial charge in [-0.05, 0) is 30.5 Å². The summed E-state index contributed by atoms with van der Waals surface area (Å²) in [5.41, 5.74) is 5.61. The Labute approximate surface area is 207 Å². The molecule has 0 spiro atoms. The number of hydrogen-bond acceptors (Lipinski definition) is 7. The molecular weight excluding hydrogens is 466 g/mol. The van der Waals surface area contributed by atoms with Gasteiger partial charge in [0.2, 0.25) is 5.91 Å². The molecule has 0 radical (unpaired) electrons. The quantitative estimate of drug-likeness (QED) is 0.481. The Kier molecular flexibility index (Phi) is 7.69. The van der Waals surface area contributed by atoms with Gasteiger partial charge < -0.3 is 19.8 Å². The van der Waals surface area contributed by atoms with E-state index in [4.69, 9.17) is 14.9 Å². The summed E-state index contributed by atoms with van der Waals surface area (Å²) in [4.78, 5) is 57.0. The number of nitrogens with one attached hydrogen (secondary N) is 1. The molecule has 0 atom stereocenters. The molecule has 0 bridgehead atoms. The molecule has 3 N–H and O–H groups in total. The van der Waals surface area contributed by atoms with Crippen LogP contribution in [0, 0.1) is 5.92 Å². The van der Waals surface area contributed by atoms with Gasteiger partial charge in [0.05, 0.1) is 26.0 Å². The predicted molar refractivity (Wildman–Crippen MR) is 133 cm³/mol. The Morgan fingerprint density at radius 2 is 1.86 bits per heavy atom. The third kappa shape index (κ3) is 5.25. The minimum absolute atomic E-state index is 0.0753. The number of aromatic nitrogens is 2. The summed E-state index contributed by atoms with van der Waals surface area (Å²) >= 11 is 0. The molecule has 0 aliphatic carbocycles. The van der Waals surface area contributed by atoms with E-state index in [2.05, 4.69) is 4.98 Å². The first-order valence-electron chi connectivity index (χ1n) is 11.7. The zero-order chi connectivity index (χ0) is 25.7. The highest BCUT2D eigenvalue weighted by Gasteiger charge is 2.34. The largest absolute Gasteiger partial charge is 0.459 e. The summed E-state index contributed by atoms with van der Waals surface area (Å²) in [5, 5.41) is 0. The van der Waals surface area contributed by atoms with E-state index in [1.807, 2.05) is 30.3 Å². The number of hydrogen-bond donors (Lipinski definition) is 2. The molecule has 1 aliphatic rings. The molecular formula is C25H29N5O6. The zero-order valence-electron chi connectivity index (χ0n) is 20.0. The Hall–Kier alpha value is -4.12. The van der Waals surface area contributed by atoms with Crippen LogP contribution in [0.15, 0.2) is 62.7 Å². The van der Waals surface area contributed by atoms with E-state index >= 15 is 0 Å². The standard InChI is InChI=1S/C25H29N5O6/c1-35-15-13-29-21(26)20(22(31)27-25(29)34)30(16-17-6-3-2-4-7-17)23(32)18-9-11-28(12-10-18)24(33)19-8-5-14-36-19/h2-8,14,18H,9-13,15-16,26H2,1H3,(H,27,31,34). The molecule has 1 fully saturated rings. The highest BCUT2D eigenvalue weighted by molar-refractivity contribution is 5.97. The van der Waals surface area contributed by atoms with Crippen LogP contribution >= 0.6 is 0 Å². The second kappa shape index (κ2) is 11.1. The summed E-state index contributed by atoms with van der Waals surface area (Å²) in [7, 11) is 1.49. The van der Waals surface area contributed by atoms with Gasteiger partial charge in [-0.1, -0.05) is 30.3 Å². The number of nitrogen functional groups attached to an aromatic ring is 1. The summed E-state index contributed by atoms with van der Waals surface area (Å²) in [5.74, 6) is -0.804. The average Bonchev–Trinajstić information content (AvgIpc) is 3.43.